The highest BCUT2D eigenvalue weighted by atomic mass is 16.6. The van der Waals surface area contributed by atoms with Crippen LogP contribution < -0.4 is 21.1 Å². The number of hydrogen-bond acceptors (Lipinski definition) is 4. The van der Waals surface area contributed by atoms with E-state index in [1.807, 2.05) is 20.8 Å². The van der Waals surface area contributed by atoms with Gasteiger partial charge in [0.05, 0.1) is 0 Å². The van der Waals surface area contributed by atoms with Gasteiger partial charge in [-0.2, -0.15) is 0 Å². The van der Waals surface area contributed by atoms with Crippen LogP contribution in [0.3, 0.4) is 0 Å². The van der Waals surface area contributed by atoms with Crippen LogP contribution in [-0.2, 0) is 0 Å². The van der Waals surface area contributed by atoms with Gasteiger partial charge in [-0.15, -0.1) is 0 Å². The largest absolute Gasteiger partial charge is 0.413 e. The van der Waals surface area contributed by atoms with Gasteiger partial charge in [0.2, 0.25) is 0 Å². The number of nitrogens with one attached hydrogen (secondary N) is 2. The van der Waals surface area contributed by atoms with Crippen LogP contribution in [0.5, 0.6) is 5.75 Å². The van der Waals surface area contributed by atoms with Gasteiger partial charge < -0.3 is 21.1 Å². The Balaban J connectivity index is 1.97. The molecular formula is C18H21N3O3. The van der Waals surface area contributed by atoms with Crippen molar-refractivity contribution in [1.29, 1.82) is 0 Å². The minimum atomic E-state index is -0.529. The number of amides is 2. The van der Waals surface area contributed by atoms with Crippen LogP contribution in [0, 0.1) is 0 Å². The van der Waals surface area contributed by atoms with Gasteiger partial charge in [0.1, 0.15) is 5.75 Å². The predicted molar refractivity (Wildman–Crippen MR) is 94.2 cm³/mol. The average Bonchev–Trinajstić information content (AvgIpc) is 2.47. The number of benzene rings is 2. The van der Waals surface area contributed by atoms with Crippen molar-refractivity contribution in [3.05, 3.63) is 54.1 Å². The predicted octanol–water partition coefficient (Wildman–Crippen LogP) is 3.41. The third kappa shape index (κ3) is 5.31. The lowest BCUT2D eigenvalue weighted by atomic mass is 10.1. The molecular weight excluding hydrogens is 306 g/mol. The third-order valence-electron chi connectivity index (χ3n) is 2.95. The summed E-state index contributed by atoms with van der Waals surface area (Å²) < 4.78 is 5.17. The fraction of sp³-hybridized carbons (Fsp3) is 0.222. The van der Waals surface area contributed by atoms with Gasteiger partial charge in [-0.3, -0.25) is 4.79 Å². The first-order valence-electron chi connectivity index (χ1n) is 7.50. The molecule has 2 amide bonds. The van der Waals surface area contributed by atoms with Crippen LogP contribution in [-0.4, -0.2) is 17.5 Å². The summed E-state index contributed by atoms with van der Waals surface area (Å²) in [4.78, 5) is 23.8. The van der Waals surface area contributed by atoms with E-state index in [9.17, 15) is 9.59 Å². The molecule has 0 aliphatic rings. The van der Waals surface area contributed by atoms with Gasteiger partial charge in [-0.1, -0.05) is 6.07 Å². The Morgan fingerprint density at radius 3 is 2.29 bits per heavy atom. The smallest absolute Gasteiger partial charge is 0.410 e. The van der Waals surface area contributed by atoms with Crippen molar-refractivity contribution in [2.45, 2.75) is 26.3 Å². The van der Waals surface area contributed by atoms with E-state index >= 15 is 0 Å². The molecule has 0 atom stereocenters. The maximum Gasteiger partial charge on any atom is 0.413 e. The molecule has 0 aliphatic heterocycles. The van der Waals surface area contributed by atoms with Crippen molar-refractivity contribution in [2.75, 3.05) is 11.1 Å². The van der Waals surface area contributed by atoms with E-state index in [2.05, 4.69) is 10.6 Å². The van der Waals surface area contributed by atoms with Gasteiger partial charge >= 0.3 is 6.09 Å². The summed E-state index contributed by atoms with van der Waals surface area (Å²) in [6, 6.07) is 13.2. The number of carbonyl (C=O) groups is 2. The minimum absolute atomic E-state index is 0.263. The molecule has 24 heavy (non-hydrogen) atoms. The molecule has 2 aromatic rings. The maximum absolute atomic E-state index is 12.1. The third-order valence-corrected chi connectivity index (χ3v) is 2.95. The van der Waals surface area contributed by atoms with E-state index in [0.717, 1.165) is 0 Å². The summed E-state index contributed by atoms with van der Waals surface area (Å²) in [5.41, 5.74) is 6.88. The molecule has 0 radical (unpaired) electrons. The molecule has 0 bridgehead atoms. The lowest BCUT2D eigenvalue weighted by Gasteiger charge is -2.19. The van der Waals surface area contributed by atoms with Crippen LogP contribution >= 0.6 is 0 Å². The van der Waals surface area contributed by atoms with E-state index in [1.165, 1.54) is 0 Å². The van der Waals surface area contributed by atoms with E-state index in [-0.39, 0.29) is 11.4 Å². The van der Waals surface area contributed by atoms with Crippen LogP contribution in [0.1, 0.15) is 31.1 Å². The van der Waals surface area contributed by atoms with Gasteiger partial charge in [0.15, 0.2) is 0 Å². The molecule has 0 saturated carbocycles. The fourth-order valence-corrected chi connectivity index (χ4v) is 1.93. The van der Waals surface area contributed by atoms with Gasteiger partial charge in [0.25, 0.3) is 5.91 Å². The van der Waals surface area contributed by atoms with E-state index in [4.69, 9.17) is 10.5 Å². The molecule has 0 fully saturated rings. The quantitative estimate of drug-likeness (QED) is 0.753. The highest BCUT2D eigenvalue weighted by molar-refractivity contribution is 6.04. The van der Waals surface area contributed by atoms with E-state index in [1.54, 1.807) is 48.5 Å². The van der Waals surface area contributed by atoms with Crippen molar-refractivity contribution in [2.24, 2.45) is 0 Å². The second-order valence-corrected chi connectivity index (χ2v) is 6.37. The zero-order chi connectivity index (χ0) is 17.7. The zero-order valence-electron chi connectivity index (χ0n) is 13.9. The standard InChI is InChI=1S/C18H21N3O3/c1-18(2,3)21-17(23)24-15-9-7-14(8-10-15)20-16(22)12-5-4-6-13(19)11-12/h4-11H,19H2,1-3H3,(H,20,22)(H,21,23). The highest BCUT2D eigenvalue weighted by Gasteiger charge is 2.15. The Bertz CT molecular complexity index is 734. The number of hydrogen-bond donors (Lipinski definition) is 3. The van der Waals surface area contributed by atoms with Crippen molar-refractivity contribution in [3.8, 4) is 5.75 Å². The second kappa shape index (κ2) is 7.04. The summed E-state index contributed by atoms with van der Waals surface area (Å²) in [6.45, 7) is 5.59. The molecule has 6 nitrogen and oxygen atoms in total. The fourth-order valence-electron chi connectivity index (χ4n) is 1.93. The van der Waals surface area contributed by atoms with Crippen LogP contribution in [0.2, 0.25) is 0 Å². The minimum Gasteiger partial charge on any atom is -0.410 e. The summed E-state index contributed by atoms with van der Waals surface area (Å²) in [5, 5.41) is 5.45. The normalized spacial score (nSPS) is 10.8. The zero-order valence-corrected chi connectivity index (χ0v) is 13.9. The number of nitrogen functional groups attached to an aromatic ring is 1. The number of nitrogens with two attached hydrogens (primary N) is 1. The Labute approximate surface area is 141 Å². The van der Waals surface area contributed by atoms with Crippen LogP contribution in [0.25, 0.3) is 0 Å². The second-order valence-electron chi connectivity index (χ2n) is 6.37. The maximum atomic E-state index is 12.1. The lowest BCUT2D eigenvalue weighted by Crippen LogP contribution is -2.42. The van der Waals surface area contributed by atoms with Crippen LogP contribution in [0.15, 0.2) is 48.5 Å². The van der Waals surface area contributed by atoms with Gasteiger partial charge in [0, 0.05) is 22.5 Å². The summed E-state index contributed by atoms with van der Waals surface area (Å²) in [5.74, 6) is 0.125. The topological polar surface area (TPSA) is 93.5 Å². The molecule has 2 rings (SSSR count). The summed E-state index contributed by atoms with van der Waals surface area (Å²) >= 11 is 0. The Morgan fingerprint density at radius 1 is 1.04 bits per heavy atom. The van der Waals surface area contributed by atoms with E-state index < -0.39 is 6.09 Å². The van der Waals surface area contributed by atoms with Crippen molar-refractivity contribution in [3.63, 3.8) is 0 Å². The molecule has 0 aliphatic carbocycles. The molecule has 0 unspecified atom stereocenters. The molecule has 4 N–H and O–H groups in total. The highest BCUT2D eigenvalue weighted by Crippen LogP contribution is 2.17. The number of carbonyl (C=O) groups excluding carboxylic acids is 2. The number of ether oxygens (including phenoxy) is 1. The monoisotopic (exact) mass is 327 g/mol. The van der Waals surface area contributed by atoms with Crippen molar-refractivity contribution < 1.29 is 14.3 Å². The Morgan fingerprint density at radius 2 is 1.71 bits per heavy atom. The average molecular weight is 327 g/mol. The Hall–Kier alpha value is -3.02. The van der Waals surface area contributed by atoms with Crippen molar-refractivity contribution >= 4 is 23.4 Å². The first kappa shape index (κ1) is 17.3. The first-order valence-corrected chi connectivity index (χ1v) is 7.50. The van der Waals surface area contributed by atoms with Crippen LogP contribution in [0.4, 0.5) is 16.2 Å². The molecule has 0 spiro atoms. The van der Waals surface area contributed by atoms with Gasteiger partial charge in [-0.05, 0) is 63.2 Å². The summed E-state index contributed by atoms with van der Waals surface area (Å²) in [7, 11) is 0. The van der Waals surface area contributed by atoms with Crippen molar-refractivity contribution in [1.82, 2.24) is 5.32 Å². The first-order chi connectivity index (χ1) is 11.2. The lowest BCUT2D eigenvalue weighted by molar-refractivity contribution is 0.102. The number of rotatable bonds is 3. The molecule has 2 aromatic carbocycles. The molecule has 0 aromatic heterocycles. The Kier molecular flexibility index (Phi) is 5.08. The number of anilines is 2. The van der Waals surface area contributed by atoms with E-state index in [0.29, 0.717) is 22.7 Å². The molecule has 0 heterocycles. The SMILES string of the molecule is CC(C)(C)NC(=O)Oc1ccc(NC(=O)c2cccc(N)c2)cc1. The summed E-state index contributed by atoms with van der Waals surface area (Å²) in [6.07, 6.45) is -0.529. The molecule has 126 valence electrons. The molecule has 0 saturated heterocycles. The van der Waals surface area contributed by atoms with Gasteiger partial charge in [-0.25, -0.2) is 4.79 Å². The molecule has 6 heteroatoms.